The first-order chi connectivity index (χ1) is 17.6. The van der Waals surface area contributed by atoms with Crippen LogP contribution in [0.4, 0.5) is 5.69 Å². The van der Waals surface area contributed by atoms with Crippen LogP contribution in [0.15, 0.2) is 82.6 Å². The fourth-order valence-electron chi connectivity index (χ4n) is 3.50. The van der Waals surface area contributed by atoms with E-state index in [-0.39, 0.29) is 18.4 Å². The molecule has 1 aromatic heterocycles. The van der Waals surface area contributed by atoms with Crippen LogP contribution in [0.3, 0.4) is 0 Å². The van der Waals surface area contributed by atoms with Gasteiger partial charge in [-0.2, -0.15) is 5.21 Å². The first kappa shape index (κ1) is 24.9. The minimum absolute atomic E-state index is 0.0385. The Morgan fingerprint density at radius 2 is 1.64 bits per heavy atom. The molecule has 0 unspecified atom stereocenters. The molecule has 2 N–H and O–H groups in total. The minimum Gasteiger partial charge on any atom is -0.484 e. The number of anilines is 1. The number of rotatable bonds is 10. The summed E-state index contributed by atoms with van der Waals surface area (Å²) in [7, 11) is 0. The molecule has 0 atom stereocenters. The third-order valence-electron chi connectivity index (χ3n) is 5.42. The highest BCUT2D eigenvalue weighted by Gasteiger charge is 2.15. The number of hydrogen-bond acceptors (Lipinski definition) is 7. The lowest BCUT2D eigenvalue weighted by molar-refractivity contribution is -0.132. The molecule has 1 heterocycles. The van der Waals surface area contributed by atoms with Gasteiger partial charge in [0.1, 0.15) is 5.75 Å². The monoisotopic (exact) mass is 502 g/mol. The second kappa shape index (κ2) is 12.0. The van der Waals surface area contributed by atoms with E-state index < -0.39 is 0 Å². The second-order valence-electron chi connectivity index (χ2n) is 7.66. The maximum atomic E-state index is 13.0. The molecule has 184 valence electrons. The SMILES string of the molecule is CCN(CC)C(=O)COc1ccc(C(=O)Nc2ccccc2Sc2ccccc2-c2nn[nH]n2)cc1. The molecule has 0 aliphatic rings. The van der Waals surface area contributed by atoms with Crippen LogP contribution in [0.25, 0.3) is 11.4 Å². The number of H-pyrrole nitrogens is 1. The van der Waals surface area contributed by atoms with E-state index >= 15 is 0 Å². The van der Waals surface area contributed by atoms with Crippen LogP contribution in [-0.4, -0.2) is 57.0 Å². The molecule has 2 amide bonds. The van der Waals surface area contributed by atoms with Crippen molar-refractivity contribution in [3.63, 3.8) is 0 Å². The van der Waals surface area contributed by atoms with Crippen LogP contribution >= 0.6 is 11.8 Å². The highest BCUT2D eigenvalue weighted by molar-refractivity contribution is 7.99. The minimum atomic E-state index is -0.250. The van der Waals surface area contributed by atoms with Crippen molar-refractivity contribution in [2.75, 3.05) is 25.0 Å². The van der Waals surface area contributed by atoms with Gasteiger partial charge in [0.2, 0.25) is 5.82 Å². The highest BCUT2D eigenvalue weighted by atomic mass is 32.2. The van der Waals surface area contributed by atoms with Crippen LogP contribution in [-0.2, 0) is 4.79 Å². The Morgan fingerprint density at radius 3 is 2.33 bits per heavy atom. The third kappa shape index (κ3) is 6.08. The van der Waals surface area contributed by atoms with Gasteiger partial charge in [-0.1, -0.05) is 36.0 Å². The molecule has 0 fully saturated rings. The van der Waals surface area contributed by atoms with Gasteiger partial charge in [-0.25, -0.2) is 0 Å². The van der Waals surface area contributed by atoms with Crippen molar-refractivity contribution >= 4 is 29.3 Å². The lowest BCUT2D eigenvalue weighted by atomic mass is 10.2. The molecule has 10 heteroatoms. The predicted molar refractivity (Wildman–Crippen MR) is 138 cm³/mol. The number of carbonyl (C=O) groups excluding carboxylic acids is 2. The number of ether oxygens (including phenoxy) is 1. The van der Waals surface area contributed by atoms with E-state index in [9.17, 15) is 9.59 Å². The number of aromatic amines is 1. The maximum Gasteiger partial charge on any atom is 0.260 e. The van der Waals surface area contributed by atoms with Crippen molar-refractivity contribution in [2.45, 2.75) is 23.6 Å². The van der Waals surface area contributed by atoms with Crippen LogP contribution in [0.2, 0.25) is 0 Å². The first-order valence-electron chi connectivity index (χ1n) is 11.5. The summed E-state index contributed by atoms with van der Waals surface area (Å²) in [5, 5.41) is 17.3. The Balaban J connectivity index is 1.43. The molecular weight excluding hydrogens is 476 g/mol. The van der Waals surface area contributed by atoms with E-state index in [4.69, 9.17) is 4.74 Å². The fourth-order valence-corrected chi connectivity index (χ4v) is 4.53. The first-order valence-corrected chi connectivity index (χ1v) is 12.3. The van der Waals surface area contributed by atoms with Gasteiger partial charge in [-0.15, -0.1) is 10.2 Å². The van der Waals surface area contributed by atoms with Crippen LogP contribution < -0.4 is 10.1 Å². The van der Waals surface area contributed by atoms with E-state index in [0.29, 0.717) is 35.9 Å². The van der Waals surface area contributed by atoms with Gasteiger partial charge in [-0.3, -0.25) is 9.59 Å². The number of carbonyl (C=O) groups is 2. The molecule has 0 bridgehead atoms. The number of tetrazole rings is 1. The van der Waals surface area contributed by atoms with E-state index in [1.165, 1.54) is 11.8 Å². The number of benzene rings is 3. The van der Waals surface area contributed by atoms with Gasteiger partial charge >= 0.3 is 0 Å². The molecule has 36 heavy (non-hydrogen) atoms. The van der Waals surface area contributed by atoms with E-state index in [1.54, 1.807) is 29.2 Å². The second-order valence-corrected chi connectivity index (χ2v) is 8.75. The molecule has 4 rings (SSSR count). The summed E-state index contributed by atoms with van der Waals surface area (Å²) in [6.45, 7) is 5.10. The summed E-state index contributed by atoms with van der Waals surface area (Å²) < 4.78 is 5.59. The smallest absolute Gasteiger partial charge is 0.260 e. The largest absolute Gasteiger partial charge is 0.484 e. The maximum absolute atomic E-state index is 13.0. The van der Waals surface area contributed by atoms with E-state index in [0.717, 1.165) is 15.4 Å². The summed E-state index contributed by atoms with van der Waals surface area (Å²) in [4.78, 5) is 28.6. The average molecular weight is 503 g/mol. The van der Waals surface area contributed by atoms with E-state index in [2.05, 4.69) is 25.9 Å². The van der Waals surface area contributed by atoms with Crippen molar-refractivity contribution < 1.29 is 14.3 Å². The van der Waals surface area contributed by atoms with Gasteiger partial charge in [0.15, 0.2) is 6.61 Å². The van der Waals surface area contributed by atoms with Crippen LogP contribution in [0.5, 0.6) is 5.75 Å². The van der Waals surface area contributed by atoms with Crippen molar-refractivity contribution in [3.8, 4) is 17.1 Å². The quantitative estimate of drug-likeness (QED) is 0.328. The van der Waals surface area contributed by atoms with Gasteiger partial charge in [0, 0.05) is 34.0 Å². The summed E-state index contributed by atoms with van der Waals surface area (Å²) in [5.74, 6) is 0.707. The number of nitrogens with one attached hydrogen (secondary N) is 2. The normalized spacial score (nSPS) is 10.6. The standard InChI is InChI=1S/C26H26N6O3S/c1-3-32(4-2)24(33)17-35-19-15-13-18(14-16-19)26(34)27-21-10-6-8-12-23(21)36-22-11-7-5-9-20(22)25-28-30-31-29-25/h5-16H,3-4,17H2,1-2H3,(H,27,34)(H,28,29,30,31). The van der Waals surface area contributed by atoms with Crippen molar-refractivity contribution in [1.29, 1.82) is 0 Å². The van der Waals surface area contributed by atoms with Crippen molar-refractivity contribution in [3.05, 3.63) is 78.4 Å². The lowest BCUT2D eigenvalue weighted by Gasteiger charge is -2.18. The lowest BCUT2D eigenvalue weighted by Crippen LogP contribution is -2.34. The summed E-state index contributed by atoms with van der Waals surface area (Å²) >= 11 is 1.50. The number of amides is 2. The van der Waals surface area contributed by atoms with Gasteiger partial charge in [0.25, 0.3) is 11.8 Å². The Labute approximate surface area is 213 Å². The Kier molecular flexibility index (Phi) is 8.30. The summed E-state index contributed by atoms with van der Waals surface area (Å²) in [5.41, 5.74) is 2.00. The molecular formula is C26H26N6O3S. The molecule has 0 saturated heterocycles. The van der Waals surface area contributed by atoms with Crippen molar-refractivity contribution in [2.24, 2.45) is 0 Å². The zero-order chi connectivity index (χ0) is 25.3. The van der Waals surface area contributed by atoms with Gasteiger partial charge in [0.05, 0.1) is 5.69 Å². The number of likely N-dealkylation sites (N-methyl/N-ethyl adjacent to an activating group) is 1. The highest BCUT2D eigenvalue weighted by Crippen LogP contribution is 2.38. The van der Waals surface area contributed by atoms with Gasteiger partial charge < -0.3 is 15.0 Å². The molecule has 0 spiro atoms. The Bertz CT molecular complexity index is 1310. The molecule has 0 radical (unpaired) electrons. The summed E-state index contributed by atoms with van der Waals surface area (Å²) in [6.07, 6.45) is 0. The van der Waals surface area contributed by atoms with Crippen LogP contribution in [0.1, 0.15) is 24.2 Å². The molecule has 0 aliphatic carbocycles. The molecule has 9 nitrogen and oxygen atoms in total. The molecule has 4 aromatic rings. The summed E-state index contributed by atoms with van der Waals surface area (Å²) in [6, 6.07) is 22.1. The fraction of sp³-hybridized carbons (Fsp3) is 0.192. The van der Waals surface area contributed by atoms with E-state index in [1.807, 2.05) is 62.4 Å². The van der Waals surface area contributed by atoms with Crippen molar-refractivity contribution in [1.82, 2.24) is 25.5 Å². The van der Waals surface area contributed by atoms with Gasteiger partial charge in [-0.05, 0) is 67.6 Å². The number of aromatic nitrogens is 4. The molecule has 3 aromatic carbocycles. The average Bonchev–Trinajstić information content (AvgIpc) is 3.45. The Morgan fingerprint density at radius 1 is 0.944 bits per heavy atom. The number of nitrogens with zero attached hydrogens (tertiary/aromatic N) is 4. The zero-order valence-electron chi connectivity index (χ0n) is 20.0. The number of para-hydroxylation sites is 1. The predicted octanol–water partition coefficient (Wildman–Crippen LogP) is 4.52. The zero-order valence-corrected chi connectivity index (χ0v) is 20.8. The molecule has 0 saturated carbocycles. The third-order valence-corrected chi connectivity index (χ3v) is 6.58. The molecule has 0 aliphatic heterocycles. The Hall–Kier alpha value is -4.18. The number of hydrogen-bond donors (Lipinski definition) is 2. The topological polar surface area (TPSA) is 113 Å². The van der Waals surface area contributed by atoms with Crippen LogP contribution in [0, 0.1) is 0 Å².